The molecule has 0 saturated carbocycles. The Morgan fingerprint density at radius 2 is 1.74 bits per heavy atom. The smallest absolute Gasteiger partial charge is 0.326 e. The van der Waals surface area contributed by atoms with Crippen LogP contribution in [-0.4, -0.2) is 27.4 Å². The summed E-state index contributed by atoms with van der Waals surface area (Å²) in [7, 11) is 0. The molecule has 10 heteroatoms. The van der Waals surface area contributed by atoms with Crippen LogP contribution in [0.25, 0.3) is 11.0 Å². The Hall–Kier alpha value is -4.39. The van der Waals surface area contributed by atoms with Gasteiger partial charge >= 0.3 is 6.03 Å². The largest absolute Gasteiger partial charge is 0.370 e. The summed E-state index contributed by atoms with van der Waals surface area (Å²) in [4.78, 5) is 41.0. The van der Waals surface area contributed by atoms with Gasteiger partial charge in [0.15, 0.2) is 0 Å². The van der Waals surface area contributed by atoms with E-state index in [0.29, 0.717) is 34.4 Å². The molecule has 0 radical (unpaired) electrons. The quantitative estimate of drug-likeness (QED) is 0.401. The van der Waals surface area contributed by atoms with Crippen molar-refractivity contribution in [3.8, 4) is 6.07 Å². The molecule has 0 spiro atoms. The molecule has 0 atom stereocenters. The average molecular weight is 462 g/mol. The minimum atomic E-state index is -0.543. The number of aryl methyl sites for hydroxylation is 1. The average Bonchev–Trinajstić information content (AvgIpc) is 3.13. The third-order valence-corrected chi connectivity index (χ3v) is 5.58. The number of fused-ring (bicyclic) bond motifs is 1. The highest BCUT2D eigenvalue weighted by Gasteiger charge is 2.25. The Labute approximate surface area is 197 Å². The molecule has 0 fully saturated rings. The lowest BCUT2D eigenvalue weighted by atomic mass is 9.89. The van der Waals surface area contributed by atoms with E-state index in [9.17, 15) is 14.4 Å². The number of nitrogens with two attached hydrogens (primary N) is 1. The van der Waals surface area contributed by atoms with E-state index in [1.165, 1.54) is 0 Å². The molecule has 5 N–H and O–H groups in total. The van der Waals surface area contributed by atoms with Crippen LogP contribution < -0.4 is 21.7 Å². The maximum atomic E-state index is 12.6. The van der Waals surface area contributed by atoms with Gasteiger partial charge in [0.05, 0.1) is 22.7 Å². The fourth-order valence-corrected chi connectivity index (χ4v) is 3.10. The molecule has 4 amide bonds. The van der Waals surface area contributed by atoms with Gasteiger partial charge in [0.1, 0.15) is 0 Å². The number of primary amides is 1. The van der Waals surface area contributed by atoms with E-state index >= 15 is 0 Å². The van der Waals surface area contributed by atoms with E-state index in [4.69, 9.17) is 11.0 Å². The second-order valence-electron chi connectivity index (χ2n) is 8.47. The molecule has 0 aliphatic rings. The third-order valence-electron chi connectivity index (χ3n) is 5.58. The number of hydrogen-bond acceptors (Lipinski definition) is 5. The SMILES string of the molecule is CCC(C)(C)C(=O)Nc1ccc2c(c1)nc(NC(=O)Nc1ccc(C#N)cc1)n2CCC(N)=O. The highest BCUT2D eigenvalue weighted by Crippen LogP contribution is 2.26. The molecule has 0 saturated heterocycles. The molecule has 1 aromatic heterocycles. The number of aromatic nitrogens is 2. The molecule has 176 valence electrons. The van der Waals surface area contributed by atoms with E-state index < -0.39 is 17.4 Å². The molecule has 2 aromatic carbocycles. The van der Waals surface area contributed by atoms with Crippen molar-refractivity contribution in [1.82, 2.24) is 9.55 Å². The molecule has 0 unspecified atom stereocenters. The van der Waals surface area contributed by atoms with Crippen LogP contribution in [-0.2, 0) is 16.1 Å². The van der Waals surface area contributed by atoms with Crippen molar-refractivity contribution >= 4 is 46.2 Å². The van der Waals surface area contributed by atoms with Crippen molar-refractivity contribution in [2.45, 2.75) is 40.2 Å². The lowest BCUT2D eigenvalue weighted by Crippen LogP contribution is -2.29. The monoisotopic (exact) mass is 461 g/mol. The van der Waals surface area contributed by atoms with Gasteiger partial charge in [0.25, 0.3) is 0 Å². The van der Waals surface area contributed by atoms with Crippen molar-refractivity contribution in [1.29, 1.82) is 5.26 Å². The first-order chi connectivity index (χ1) is 16.1. The fourth-order valence-electron chi connectivity index (χ4n) is 3.10. The zero-order chi connectivity index (χ0) is 24.9. The molecule has 0 aliphatic carbocycles. The molecule has 0 bridgehead atoms. The standard InChI is InChI=1S/C24H27N7O3/c1-4-24(2,3)21(33)27-17-9-10-19-18(13-17)29-22(31(19)12-11-20(26)32)30-23(34)28-16-7-5-15(14-25)6-8-16/h5-10,13H,4,11-12H2,1-3H3,(H2,26,32)(H,27,33)(H2,28,29,30,34). The fraction of sp³-hybridized carbons (Fsp3) is 0.292. The van der Waals surface area contributed by atoms with Crippen LogP contribution in [0.15, 0.2) is 42.5 Å². The Kier molecular flexibility index (Phi) is 7.16. The first kappa shape index (κ1) is 24.3. The number of nitrogens with zero attached hydrogens (tertiary/aromatic N) is 3. The van der Waals surface area contributed by atoms with Gasteiger partial charge in [0, 0.05) is 29.8 Å². The summed E-state index contributed by atoms with van der Waals surface area (Å²) in [6.45, 7) is 5.90. The minimum Gasteiger partial charge on any atom is -0.370 e. The van der Waals surface area contributed by atoms with Gasteiger partial charge in [0.2, 0.25) is 17.8 Å². The van der Waals surface area contributed by atoms with Crippen LogP contribution in [0.2, 0.25) is 0 Å². The van der Waals surface area contributed by atoms with Crippen LogP contribution in [0, 0.1) is 16.7 Å². The highest BCUT2D eigenvalue weighted by atomic mass is 16.2. The number of rotatable bonds is 8. The second kappa shape index (κ2) is 10.0. The number of carbonyl (C=O) groups excluding carboxylic acids is 3. The van der Waals surface area contributed by atoms with E-state index in [1.54, 1.807) is 47.0 Å². The van der Waals surface area contributed by atoms with E-state index in [0.717, 1.165) is 0 Å². The number of anilines is 3. The molecule has 0 aliphatic heterocycles. The van der Waals surface area contributed by atoms with Gasteiger partial charge in [-0.1, -0.05) is 20.8 Å². The lowest BCUT2D eigenvalue weighted by molar-refractivity contribution is -0.124. The Morgan fingerprint density at radius 1 is 1.06 bits per heavy atom. The number of benzene rings is 2. The van der Waals surface area contributed by atoms with Crippen molar-refractivity contribution in [3.05, 3.63) is 48.0 Å². The summed E-state index contributed by atoms with van der Waals surface area (Å²) < 4.78 is 1.68. The van der Waals surface area contributed by atoms with Crippen LogP contribution >= 0.6 is 0 Å². The van der Waals surface area contributed by atoms with Crippen molar-refractivity contribution in [2.24, 2.45) is 11.1 Å². The number of amides is 4. The van der Waals surface area contributed by atoms with Crippen molar-refractivity contribution in [3.63, 3.8) is 0 Å². The molecular weight excluding hydrogens is 434 g/mol. The summed E-state index contributed by atoms with van der Waals surface area (Å²) in [5.41, 5.74) is 7.55. The summed E-state index contributed by atoms with van der Waals surface area (Å²) in [5, 5.41) is 17.2. The number of nitrogens with one attached hydrogen (secondary N) is 3. The van der Waals surface area contributed by atoms with Crippen molar-refractivity contribution in [2.75, 3.05) is 16.0 Å². The van der Waals surface area contributed by atoms with Crippen LogP contribution in [0.1, 0.15) is 39.2 Å². The minimum absolute atomic E-state index is 0.0561. The Morgan fingerprint density at radius 3 is 2.35 bits per heavy atom. The number of carbonyl (C=O) groups is 3. The molecule has 3 aromatic rings. The Bertz CT molecular complexity index is 1270. The second-order valence-corrected chi connectivity index (χ2v) is 8.47. The highest BCUT2D eigenvalue weighted by molar-refractivity contribution is 6.00. The number of urea groups is 1. The maximum absolute atomic E-state index is 12.6. The first-order valence-electron chi connectivity index (χ1n) is 10.8. The lowest BCUT2D eigenvalue weighted by Gasteiger charge is -2.21. The number of hydrogen-bond donors (Lipinski definition) is 4. The van der Waals surface area contributed by atoms with Gasteiger partial charge in [-0.05, 0) is 48.9 Å². The maximum Gasteiger partial charge on any atom is 0.326 e. The van der Waals surface area contributed by atoms with E-state index in [-0.39, 0.29) is 24.8 Å². The first-order valence-corrected chi connectivity index (χ1v) is 10.8. The number of nitriles is 1. The topological polar surface area (TPSA) is 155 Å². The van der Waals surface area contributed by atoms with E-state index in [2.05, 4.69) is 20.9 Å². The third kappa shape index (κ3) is 5.69. The van der Waals surface area contributed by atoms with Gasteiger partial charge in [-0.15, -0.1) is 0 Å². The zero-order valence-electron chi connectivity index (χ0n) is 19.3. The van der Waals surface area contributed by atoms with Crippen LogP contribution in [0.4, 0.5) is 22.1 Å². The molecule has 3 rings (SSSR count). The molecule has 34 heavy (non-hydrogen) atoms. The van der Waals surface area contributed by atoms with E-state index in [1.807, 2.05) is 26.8 Å². The molecule has 1 heterocycles. The number of imidazole rings is 1. The van der Waals surface area contributed by atoms with Crippen molar-refractivity contribution < 1.29 is 14.4 Å². The summed E-state index contributed by atoms with van der Waals surface area (Å²) in [6.07, 6.45) is 0.742. The van der Waals surface area contributed by atoms with Gasteiger partial charge in [-0.25, -0.2) is 9.78 Å². The zero-order valence-corrected chi connectivity index (χ0v) is 19.3. The predicted octanol–water partition coefficient (Wildman–Crippen LogP) is 3.80. The van der Waals surface area contributed by atoms with Crippen LogP contribution in [0.5, 0.6) is 0 Å². The van der Waals surface area contributed by atoms with Gasteiger partial charge in [-0.2, -0.15) is 5.26 Å². The normalized spacial score (nSPS) is 11.0. The Balaban J connectivity index is 1.86. The molecule has 10 nitrogen and oxygen atoms in total. The predicted molar refractivity (Wildman–Crippen MR) is 130 cm³/mol. The van der Waals surface area contributed by atoms with Gasteiger partial charge in [-0.3, -0.25) is 14.9 Å². The summed E-state index contributed by atoms with van der Waals surface area (Å²) in [6, 6.07) is 13.1. The summed E-state index contributed by atoms with van der Waals surface area (Å²) >= 11 is 0. The summed E-state index contributed by atoms with van der Waals surface area (Å²) in [5.74, 6) is -0.372. The van der Waals surface area contributed by atoms with Gasteiger partial charge < -0.3 is 20.9 Å². The van der Waals surface area contributed by atoms with Crippen LogP contribution in [0.3, 0.4) is 0 Å². The molecular formula is C24H27N7O3.